The minimum absolute atomic E-state index is 0.0142. The number of anilines is 3. The van der Waals surface area contributed by atoms with Gasteiger partial charge in [-0.15, -0.1) is 0 Å². The maximum absolute atomic E-state index is 13.3. The number of hydrogen-bond donors (Lipinski definition) is 0. The van der Waals surface area contributed by atoms with Crippen molar-refractivity contribution < 1.29 is 11.0 Å². The van der Waals surface area contributed by atoms with Crippen LogP contribution in [-0.4, -0.2) is 46.0 Å². The number of nitrogens with zero attached hydrogens (tertiary/aromatic N) is 2. The number of rotatable bonds is 2. The number of ketones is 2. The number of carbonyl (C=O) groups excluding carboxylic acids is 2. The molecule has 0 N–H and O–H groups in total. The second-order valence-corrected chi connectivity index (χ2v) is 13.4. The van der Waals surface area contributed by atoms with Crippen LogP contribution in [0.5, 0.6) is 0 Å². The predicted molar refractivity (Wildman–Crippen MR) is 146 cm³/mol. The number of allylic oxidation sites excluding steroid dienone is 1. The quantitative estimate of drug-likeness (QED) is 0.159. The van der Waals surface area contributed by atoms with Crippen molar-refractivity contribution in [3.05, 3.63) is 111 Å². The Morgan fingerprint density at radius 2 is 1.61 bits per heavy atom. The van der Waals surface area contributed by atoms with Crippen molar-refractivity contribution in [2.75, 3.05) is 4.90 Å². The Balaban J connectivity index is 1.33. The van der Waals surface area contributed by atoms with Crippen LogP contribution in [0.1, 0.15) is 26.5 Å². The van der Waals surface area contributed by atoms with Crippen LogP contribution in [0.25, 0.3) is 16.8 Å². The van der Waals surface area contributed by atoms with Crippen LogP contribution >= 0.6 is 11.6 Å². The third kappa shape index (κ3) is 3.46. The molecule has 0 saturated carbocycles. The summed E-state index contributed by atoms with van der Waals surface area (Å²) in [7, 11) is 0. The number of aromatic nitrogens is 1. The average Bonchev–Trinajstić information content (AvgIpc) is 3.49. The molecule has 2 aliphatic rings. The molecule has 7 heteroatoms. The van der Waals surface area contributed by atoms with Crippen molar-refractivity contribution in [2.45, 2.75) is 0 Å². The summed E-state index contributed by atoms with van der Waals surface area (Å²) in [5.74, 6) is 0.147. The summed E-state index contributed by atoms with van der Waals surface area (Å²) in [5, 5.41) is 2.50. The van der Waals surface area contributed by atoms with E-state index in [-0.39, 0.29) is 52.7 Å². The molecule has 1 aliphatic carbocycles. The normalized spacial score (nSPS) is 14.5. The fourth-order valence-corrected chi connectivity index (χ4v) is 9.09. The zero-order valence-corrected chi connectivity index (χ0v) is 22.7. The molecule has 0 atom stereocenters. The second kappa shape index (κ2) is 8.41. The third-order valence-electron chi connectivity index (χ3n) is 6.23. The molecule has 5 aromatic rings. The molecule has 0 radical (unpaired) electrons. The number of fused-ring (bicyclic) bond motifs is 4. The van der Waals surface area contributed by atoms with Crippen molar-refractivity contribution in [2.24, 2.45) is 0 Å². The first-order valence-corrected chi connectivity index (χ1v) is 15.0. The van der Waals surface area contributed by atoms with E-state index in [0.29, 0.717) is 20.6 Å². The van der Waals surface area contributed by atoms with Crippen LogP contribution in [-0.2, 0) is 0 Å². The molecule has 0 saturated heterocycles. The van der Waals surface area contributed by atoms with Gasteiger partial charge in [0.2, 0.25) is 0 Å². The van der Waals surface area contributed by atoms with Crippen LogP contribution in [0.15, 0.2) is 90.6 Å². The number of hydrogen-bond acceptors (Lipinski definition) is 4. The van der Waals surface area contributed by atoms with Crippen LogP contribution in [0.4, 0.5) is 16.1 Å². The summed E-state index contributed by atoms with van der Waals surface area (Å²) in [5.41, 5.74) is 1.75. The fraction of sp³-hybridized carbons (Fsp3) is 0. The van der Waals surface area contributed by atoms with Gasteiger partial charge in [-0.2, -0.15) is 0 Å². The number of benzene rings is 3. The molecule has 3 heterocycles. The van der Waals surface area contributed by atoms with E-state index in [2.05, 4.69) is 16.0 Å². The fourth-order valence-electron chi connectivity index (χ4n) is 4.58. The molecule has 0 spiro atoms. The van der Waals surface area contributed by atoms with Crippen molar-refractivity contribution in [1.82, 2.24) is 4.98 Å². The van der Waals surface area contributed by atoms with Gasteiger partial charge in [0, 0.05) is 0 Å². The Hall–Kier alpha value is -3.24. The topological polar surface area (TPSA) is 50.3 Å². The van der Waals surface area contributed by atoms with Gasteiger partial charge in [-0.1, -0.05) is 0 Å². The molecule has 0 amide bonds. The number of halogens is 1. The van der Waals surface area contributed by atoms with Gasteiger partial charge >= 0.3 is 227 Å². The third-order valence-corrected chi connectivity index (χ3v) is 10.8. The van der Waals surface area contributed by atoms with Gasteiger partial charge in [-0.25, -0.2) is 0 Å². The molecule has 2 aromatic heterocycles. The SMILES string of the molecule is [2H]C(=C1C(=O)c2cc3ccccc3cc2C1=O)c1ccc(N2c3ccc(Cl)cc3[Se]c3cccnc32)[se]1. The first-order valence-electron chi connectivity index (χ1n) is 11.7. The van der Waals surface area contributed by atoms with Gasteiger partial charge in [-0.05, 0) is 0 Å². The molecule has 4 nitrogen and oxygen atoms in total. The van der Waals surface area contributed by atoms with Gasteiger partial charge < -0.3 is 0 Å². The standard InChI is InChI=1S/C29H15ClN2O2Se2/c30-18-7-9-23-25(14-18)36-24-6-3-11-31-29(24)32(23)26-10-8-19(35-26)15-22-27(33)20-12-16-4-1-2-5-17(16)13-21(20)28(22)34/h1-15H/i15D. The monoisotopic (exact) mass is 619 g/mol. The van der Waals surface area contributed by atoms with Crippen LogP contribution in [0, 0.1) is 0 Å². The number of carbonyl (C=O) groups is 2. The Kier molecular flexibility index (Phi) is 4.89. The predicted octanol–water partition coefficient (Wildman–Crippen LogP) is 4.85. The van der Waals surface area contributed by atoms with Crippen molar-refractivity contribution in [1.29, 1.82) is 0 Å². The Morgan fingerprint density at radius 1 is 0.861 bits per heavy atom. The van der Waals surface area contributed by atoms with Gasteiger partial charge in [0.1, 0.15) is 0 Å². The average molecular weight is 618 g/mol. The summed E-state index contributed by atoms with van der Waals surface area (Å²) < 4.78 is 12.9. The summed E-state index contributed by atoms with van der Waals surface area (Å²) >= 11 is 6.08. The van der Waals surface area contributed by atoms with E-state index in [9.17, 15) is 9.59 Å². The van der Waals surface area contributed by atoms with Crippen molar-refractivity contribution in [3.8, 4) is 0 Å². The molecular formula is C29H15ClN2O2Se2. The van der Waals surface area contributed by atoms with Crippen LogP contribution in [0.3, 0.4) is 0 Å². The van der Waals surface area contributed by atoms with E-state index in [1.165, 1.54) is 4.46 Å². The Morgan fingerprint density at radius 3 is 2.36 bits per heavy atom. The molecule has 36 heavy (non-hydrogen) atoms. The van der Waals surface area contributed by atoms with E-state index in [1.54, 1.807) is 18.3 Å². The molecule has 1 aliphatic heterocycles. The molecule has 172 valence electrons. The van der Waals surface area contributed by atoms with E-state index < -0.39 is 0 Å². The molecule has 0 fully saturated rings. The summed E-state index contributed by atoms with van der Waals surface area (Å²) in [4.78, 5) is 33.5. The van der Waals surface area contributed by atoms with Gasteiger partial charge in [0.15, 0.2) is 0 Å². The molecule has 3 aromatic carbocycles. The summed E-state index contributed by atoms with van der Waals surface area (Å²) in [6, 6.07) is 25.0. The summed E-state index contributed by atoms with van der Waals surface area (Å²) in [6.07, 6.45) is 1.79. The molecule has 0 unspecified atom stereocenters. The summed E-state index contributed by atoms with van der Waals surface area (Å²) in [6.45, 7) is 0. The minimum atomic E-state index is -0.367. The van der Waals surface area contributed by atoms with Crippen molar-refractivity contribution in [3.63, 3.8) is 0 Å². The number of Topliss-reactive ketones (excluding diaryl/α,β-unsaturated/α-hetero) is 2. The molecule has 7 rings (SSSR count). The zero-order valence-electron chi connectivity index (χ0n) is 19.5. The van der Waals surface area contributed by atoms with Crippen molar-refractivity contribution >= 4 is 94.4 Å². The second-order valence-electron chi connectivity index (χ2n) is 8.42. The van der Waals surface area contributed by atoms with Gasteiger partial charge in [0.25, 0.3) is 0 Å². The van der Waals surface area contributed by atoms with E-state index in [0.717, 1.165) is 31.3 Å². The molecular weight excluding hydrogens is 602 g/mol. The molecule has 0 bridgehead atoms. The Bertz CT molecular complexity index is 1790. The van der Waals surface area contributed by atoms with Crippen LogP contribution < -0.4 is 13.8 Å². The van der Waals surface area contributed by atoms with E-state index >= 15 is 0 Å². The Labute approximate surface area is 225 Å². The number of pyridine rings is 1. The van der Waals surface area contributed by atoms with Gasteiger partial charge in [-0.3, -0.25) is 0 Å². The van der Waals surface area contributed by atoms with Gasteiger partial charge in [0.05, 0.1) is 0 Å². The van der Waals surface area contributed by atoms with E-state index in [1.807, 2.05) is 60.7 Å². The first kappa shape index (κ1) is 20.9. The first-order chi connectivity index (χ1) is 18.0. The van der Waals surface area contributed by atoms with E-state index in [4.69, 9.17) is 13.0 Å². The zero-order chi connectivity index (χ0) is 25.3. The van der Waals surface area contributed by atoms with Crippen LogP contribution in [0.2, 0.25) is 5.02 Å². The maximum atomic E-state index is 13.3.